The number of fused-ring (bicyclic) bond motifs is 1. The highest BCUT2D eigenvalue weighted by molar-refractivity contribution is 7.92. The van der Waals surface area contributed by atoms with Crippen molar-refractivity contribution >= 4 is 37.3 Å². The summed E-state index contributed by atoms with van der Waals surface area (Å²) in [4.78, 5) is 12.9. The maximum atomic E-state index is 12.7. The van der Waals surface area contributed by atoms with Gasteiger partial charge < -0.3 is 5.32 Å². The van der Waals surface area contributed by atoms with Gasteiger partial charge in [0.15, 0.2) is 0 Å². The van der Waals surface area contributed by atoms with Gasteiger partial charge in [0.05, 0.1) is 16.8 Å². The van der Waals surface area contributed by atoms with E-state index in [9.17, 15) is 21.6 Å². The van der Waals surface area contributed by atoms with Crippen LogP contribution < -0.4 is 9.62 Å². The molecule has 10 heteroatoms. The molecule has 1 N–H and O–H groups in total. The topological polar surface area (TPSA) is 104 Å². The molecule has 0 bridgehead atoms. The molecule has 160 valence electrons. The molecule has 0 atom stereocenters. The Bertz CT molecular complexity index is 1200. The summed E-state index contributed by atoms with van der Waals surface area (Å²) in [5.74, 6) is -0.383. The predicted molar refractivity (Wildman–Crippen MR) is 115 cm³/mol. The minimum atomic E-state index is -3.57. The molecular formula is C20H23N3O5S2. The Morgan fingerprint density at radius 1 is 0.967 bits per heavy atom. The Balaban J connectivity index is 1.54. The lowest BCUT2D eigenvalue weighted by Gasteiger charge is -2.17. The summed E-state index contributed by atoms with van der Waals surface area (Å²) in [5, 5.41) is 2.74. The van der Waals surface area contributed by atoms with Crippen molar-refractivity contribution in [2.45, 2.75) is 24.2 Å². The average molecular weight is 450 g/mol. The Morgan fingerprint density at radius 3 is 2.40 bits per heavy atom. The van der Waals surface area contributed by atoms with Crippen LogP contribution in [0.4, 0.5) is 11.4 Å². The van der Waals surface area contributed by atoms with Crippen molar-refractivity contribution in [1.29, 1.82) is 0 Å². The standard InChI is InChI=1S/C20H23N3O5S2/c1-29(25,26)23-12-9-15-13-16(7-8-19(15)23)20(24)21-17-5-4-6-18(14-17)30(27,28)22-10-2-3-11-22/h4-8,13-14H,2-3,9-12H2,1H3,(H,21,24). The van der Waals surface area contributed by atoms with Crippen LogP contribution in [-0.4, -0.2) is 52.9 Å². The van der Waals surface area contributed by atoms with Gasteiger partial charge in [-0.2, -0.15) is 4.31 Å². The van der Waals surface area contributed by atoms with E-state index in [4.69, 9.17) is 0 Å². The van der Waals surface area contributed by atoms with Crippen LogP contribution in [-0.2, 0) is 26.5 Å². The lowest BCUT2D eigenvalue weighted by atomic mass is 10.1. The van der Waals surface area contributed by atoms with E-state index in [0.717, 1.165) is 24.7 Å². The molecular weight excluding hydrogens is 426 g/mol. The van der Waals surface area contributed by atoms with Gasteiger partial charge in [-0.3, -0.25) is 9.10 Å². The van der Waals surface area contributed by atoms with E-state index in [-0.39, 0.29) is 10.8 Å². The van der Waals surface area contributed by atoms with Crippen molar-refractivity contribution in [2.75, 3.05) is 35.5 Å². The molecule has 0 aromatic heterocycles. The van der Waals surface area contributed by atoms with E-state index in [1.54, 1.807) is 30.3 Å². The number of nitrogens with zero attached hydrogens (tertiary/aromatic N) is 2. The number of hydrogen-bond donors (Lipinski definition) is 1. The number of rotatable bonds is 5. The summed E-state index contributed by atoms with van der Waals surface area (Å²) in [5.41, 5.74) is 2.15. The van der Waals surface area contributed by atoms with Crippen molar-refractivity contribution in [3.05, 3.63) is 53.6 Å². The Hall–Kier alpha value is -2.43. The third-order valence-electron chi connectivity index (χ3n) is 5.39. The van der Waals surface area contributed by atoms with Gasteiger partial charge in [-0.05, 0) is 61.2 Å². The second kappa shape index (κ2) is 7.68. The molecule has 8 nitrogen and oxygen atoms in total. The molecule has 2 aromatic carbocycles. The van der Waals surface area contributed by atoms with E-state index in [2.05, 4.69) is 5.32 Å². The third-order valence-corrected chi connectivity index (χ3v) is 8.46. The molecule has 0 radical (unpaired) electrons. The third kappa shape index (κ3) is 3.94. The summed E-state index contributed by atoms with van der Waals surface area (Å²) in [7, 11) is -6.92. The molecule has 0 aliphatic carbocycles. The highest BCUT2D eigenvalue weighted by atomic mass is 32.2. The van der Waals surface area contributed by atoms with E-state index >= 15 is 0 Å². The molecule has 1 fully saturated rings. The number of carbonyl (C=O) groups excluding carboxylic acids is 1. The van der Waals surface area contributed by atoms with Gasteiger partial charge in [0, 0.05) is 30.9 Å². The first-order valence-corrected chi connectivity index (χ1v) is 13.0. The second-order valence-electron chi connectivity index (χ2n) is 7.52. The zero-order valence-electron chi connectivity index (χ0n) is 16.5. The highest BCUT2D eigenvalue weighted by Gasteiger charge is 2.28. The summed E-state index contributed by atoms with van der Waals surface area (Å²) in [6.45, 7) is 1.38. The maximum Gasteiger partial charge on any atom is 0.255 e. The molecule has 1 amide bonds. The van der Waals surface area contributed by atoms with Crippen molar-refractivity contribution in [3.63, 3.8) is 0 Å². The second-order valence-corrected chi connectivity index (χ2v) is 11.4. The molecule has 2 aromatic rings. The summed E-state index contributed by atoms with van der Waals surface area (Å²) >= 11 is 0. The molecule has 30 heavy (non-hydrogen) atoms. The van der Waals surface area contributed by atoms with Crippen molar-refractivity contribution in [2.24, 2.45) is 0 Å². The van der Waals surface area contributed by atoms with Gasteiger partial charge in [-0.1, -0.05) is 6.07 Å². The van der Waals surface area contributed by atoms with Crippen LogP contribution in [0.1, 0.15) is 28.8 Å². The van der Waals surface area contributed by atoms with Crippen LogP contribution in [0.15, 0.2) is 47.4 Å². The van der Waals surface area contributed by atoms with Gasteiger partial charge >= 0.3 is 0 Å². The average Bonchev–Trinajstić information content (AvgIpc) is 3.37. The SMILES string of the molecule is CS(=O)(=O)N1CCc2cc(C(=O)Nc3cccc(S(=O)(=O)N4CCCC4)c3)ccc21. The minimum Gasteiger partial charge on any atom is -0.322 e. The summed E-state index contributed by atoms with van der Waals surface area (Å²) in [6.07, 6.45) is 3.40. The van der Waals surface area contributed by atoms with Gasteiger partial charge in [-0.15, -0.1) is 0 Å². The van der Waals surface area contributed by atoms with Crippen molar-refractivity contribution < 1.29 is 21.6 Å². The first-order chi connectivity index (χ1) is 14.2. The van der Waals surface area contributed by atoms with Gasteiger partial charge in [0.2, 0.25) is 20.0 Å². The Labute approximate surface area is 176 Å². The molecule has 0 saturated carbocycles. The molecule has 0 unspecified atom stereocenters. The fraction of sp³-hybridized carbons (Fsp3) is 0.350. The number of benzene rings is 2. The minimum absolute atomic E-state index is 0.153. The summed E-state index contributed by atoms with van der Waals surface area (Å²) < 4.78 is 52.0. The summed E-state index contributed by atoms with van der Waals surface area (Å²) in [6, 6.07) is 11.1. The van der Waals surface area contributed by atoms with Crippen LogP contribution in [0.25, 0.3) is 0 Å². The smallest absolute Gasteiger partial charge is 0.255 e. The first kappa shape index (κ1) is 20.8. The number of hydrogen-bond acceptors (Lipinski definition) is 5. The van der Waals surface area contributed by atoms with E-state index < -0.39 is 20.0 Å². The predicted octanol–water partition coefficient (Wildman–Crippen LogP) is 2.05. The number of anilines is 2. The zero-order chi connectivity index (χ0) is 21.5. The zero-order valence-corrected chi connectivity index (χ0v) is 18.2. The lowest BCUT2D eigenvalue weighted by Crippen LogP contribution is -2.28. The van der Waals surface area contributed by atoms with E-state index in [1.165, 1.54) is 20.7 Å². The van der Waals surface area contributed by atoms with Crippen LogP contribution in [0.3, 0.4) is 0 Å². The molecule has 1 saturated heterocycles. The van der Waals surface area contributed by atoms with Gasteiger partial charge in [0.25, 0.3) is 5.91 Å². The Kier molecular flexibility index (Phi) is 5.33. The fourth-order valence-corrected chi connectivity index (χ4v) is 6.39. The van der Waals surface area contributed by atoms with Gasteiger partial charge in [0.1, 0.15) is 0 Å². The molecule has 4 rings (SSSR count). The van der Waals surface area contributed by atoms with Gasteiger partial charge in [-0.25, -0.2) is 16.8 Å². The van der Waals surface area contributed by atoms with E-state index in [0.29, 0.717) is 43.0 Å². The number of sulfonamides is 2. The Morgan fingerprint density at radius 2 is 1.70 bits per heavy atom. The van der Waals surface area contributed by atoms with Crippen LogP contribution in [0.2, 0.25) is 0 Å². The van der Waals surface area contributed by atoms with Crippen LogP contribution in [0.5, 0.6) is 0 Å². The molecule has 2 aliphatic heterocycles. The largest absolute Gasteiger partial charge is 0.322 e. The number of nitrogens with one attached hydrogen (secondary N) is 1. The van der Waals surface area contributed by atoms with Crippen LogP contribution >= 0.6 is 0 Å². The highest BCUT2D eigenvalue weighted by Crippen LogP contribution is 2.31. The first-order valence-electron chi connectivity index (χ1n) is 9.68. The van der Waals surface area contributed by atoms with Crippen molar-refractivity contribution in [1.82, 2.24) is 4.31 Å². The quantitative estimate of drug-likeness (QED) is 0.752. The fourth-order valence-electron chi connectivity index (χ4n) is 3.87. The molecule has 0 spiro atoms. The van der Waals surface area contributed by atoms with E-state index in [1.807, 2.05) is 0 Å². The van der Waals surface area contributed by atoms with Crippen LogP contribution in [0, 0.1) is 0 Å². The lowest BCUT2D eigenvalue weighted by molar-refractivity contribution is 0.102. The van der Waals surface area contributed by atoms with Crippen molar-refractivity contribution in [3.8, 4) is 0 Å². The number of amides is 1. The molecule has 2 aliphatic rings. The maximum absolute atomic E-state index is 12.7. The molecule has 2 heterocycles. The number of carbonyl (C=O) groups is 1. The monoisotopic (exact) mass is 449 g/mol. The normalized spacial score (nSPS) is 17.2.